The highest BCUT2D eigenvalue weighted by Crippen LogP contribution is 2.33. The van der Waals surface area contributed by atoms with Gasteiger partial charge in [-0.2, -0.15) is 0 Å². The molecule has 1 aromatic carbocycles. The molecule has 0 amide bonds. The van der Waals surface area contributed by atoms with E-state index in [1.165, 1.54) is 0 Å². The van der Waals surface area contributed by atoms with Crippen LogP contribution in [0.3, 0.4) is 0 Å². The molecule has 6 N–H and O–H groups in total. The third-order valence-electron chi connectivity index (χ3n) is 3.08. The lowest BCUT2D eigenvalue weighted by Crippen LogP contribution is -2.51. The fourth-order valence-electron chi connectivity index (χ4n) is 1.99. The molecule has 0 radical (unpaired) electrons. The zero-order chi connectivity index (χ0) is 14.0. The van der Waals surface area contributed by atoms with Crippen LogP contribution in [0.25, 0.3) is 0 Å². The Morgan fingerprint density at radius 2 is 1.84 bits per heavy atom. The Balaban J connectivity index is 2.21. The molecule has 0 spiro atoms. The highest BCUT2D eigenvalue weighted by Gasteiger charge is 2.56. The molecule has 1 aromatic rings. The second-order valence-corrected chi connectivity index (χ2v) is 4.42. The maximum Gasteiger partial charge on any atom is 0.263 e. The molecule has 1 aliphatic heterocycles. The van der Waals surface area contributed by atoms with E-state index in [1.54, 1.807) is 24.3 Å². The molecule has 0 saturated carbocycles. The van der Waals surface area contributed by atoms with Gasteiger partial charge in [0, 0.05) is 5.69 Å². The number of ether oxygens (including phenoxy) is 2. The molecule has 0 bridgehead atoms. The summed E-state index contributed by atoms with van der Waals surface area (Å²) in [6.07, 6.45) is -3.84. The first-order chi connectivity index (χ1) is 9.02. The molecule has 1 heterocycles. The van der Waals surface area contributed by atoms with Gasteiger partial charge in [0.1, 0.15) is 30.7 Å². The lowest BCUT2D eigenvalue weighted by atomic mass is 10.1. The molecule has 1 aliphatic rings. The normalized spacial score (nSPS) is 34.4. The second kappa shape index (κ2) is 5.32. The molecule has 1 unspecified atom stereocenters. The number of anilines is 1. The van der Waals surface area contributed by atoms with Crippen molar-refractivity contribution in [3.63, 3.8) is 0 Å². The molecule has 1 saturated heterocycles. The fraction of sp³-hybridized carbons (Fsp3) is 0.500. The van der Waals surface area contributed by atoms with Crippen LogP contribution < -0.4 is 10.5 Å². The van der Waals surface area contributed by atoms with Crippen molar-refractivity contribution >= 4 is 5.69 Å². The molecule has 0 aliphatic carbocycles. The van der Waals surface area contributed by atoms with E-state index in [0.717, 1.165) is 0 Å². The van der Waals surface area contributed by atoms with Crippen LogP contribution in [0.1, 0.15) is 0 Å². The van der Waals surface area contributed by atoms with E-state index >= 15 is 0 Å². The van der Waals surface area contributed by atoms with E-state index in [2.05, 4.69) is 0 Å². The van der Waals surface area contributed by atoms with Crippen molar-refractivity contribution in [1.29, 1.82) is 0 Å². The van der Waals surface area contributed by atoms with Gasteiger partial charge < -0.3 is 35.6 Å². The van der Waals surface area contributed by atoms with Crippen molar-refractivity contribution in [3.8, 4) is 5.75 Å². The van der Waals surface area contributed by atoms with Crippen LogP contribution in [0.4, 0.5) is 5.69 Å². The number of aliphatic hydroxyl groups excluding tert-OH is 4. The van der Waals surface area contributed by atoms with E-state index in [9.17, 15) is 15.3 Å². The first-order valence-electron chi connectivity index (χ1n) is 5.82. The molecule has 0 aromatic heterocycles. The second-order valence-electron chi connectivity index (χ2n) is 4.42. The minimum atomic E-state index is -1.80. The summed E-state index contributed by atoms with van der Waals surface area (Å²) in [5.41, 5.74) is 6.07. The van der Waals surface area contributed by atoms with Crippen LogP contribution in [-0.4, -0.2) is 57.7 Å². The molecule has 7 nitrogen and oxygen atoms in total. The van der Waals surface area contributed by atoms with Gasteiger partial charge in [-0.15, -0.1) is 0 Å². The Labute approximate surface area is 109 Å². The van der Waals surface area contributed by atoms with Crippen molar-refractivity contribution in [3.05, 3.63) is 24.3 Å². The fourth-order valence-corrected chi connectivity index (χ4v) is 1.99. The zero-order valence-electron chi connectivity index (χ0n) is 10.1. The van der Waals surface area contributed by atoms with Crippen LogP contribution in [0.5, 0.6) is 5.75 Å². The largest absolute Gasteiger partial charge is 0.457 e. The predicted octanol–water partition coefficient (Wildman–Crippen LogP) is -1.55. The number of benzene rings is 1. The van der Waals surface area contributed by atoms with Gasteiger partial charge in [-0.25, -0.2) is 0 Å². The molecule has 7 heteroatoms. The molecule has 19 heavy (non-hydrogen) atoms. The summed E-state index contributed by atoms with van der Waals surface area (Å²) in [5, 5.41) is 38.1. The summed E-state index contributed by atoms with van der Waals surface area (Å²) in [6, 6.07) is 6.26. The van der Waals surface area contributed by atoms with Crippen molar-refractivity contribution in [1.82, 2.24) is 0 Å². The lowest BCUT2D eigenvalue weighted by molar-refractivity contribution is -0.230. The average Bonchev–Trinajstić information content (AvgIpc) is 2.67. The highest BCUT2D eigenvalue weighted by atomic mass is 16.7. The van der Waals surface area contributed by atoms with Crippen LogP contribution in [-0.2, 0) is 4.74 Å². The maximum absolute atomic E-state index is 9.93. The summed E-state index contributed by atoms with van der Waals surface area (Å²) in [5.74, 6) is -1.49. The number of aliphatic hydroxyl groups is 4. The summed E-state index contributed by atoms with van der Waals surface area (Å²) in [4.78, 5) is 0. The molecule has 2 rings (SSSR count). The summed E-state index contributed by atoms with van der Waals surface area (Å²) >= 11 is 0. The van der Waals surface area contributed by atoms with Crippen molar-refractivity contribution in [2.24, 2.45) is 0 Å². The van der Waals surface area contributed by atoms with E-state index in [1.807, 2.05) is 0 Å². The molecule has 4 atom stereocenters. The molecule has 1 fully saturated rings. The summed E-state index contributed by atoms with van der Waals surface area (Å²) in [6.45, 7) is -1.17. The van der Waals surface area contributed by atoms with Gasteiger partial charge in [0.25, 0.3) is 5.79 Å². The summed E-state index contributed by atoms with van der Waals surface area (Å²) in [7, 11) is 0. The Morgan fingerprint density at radius 1 is 1.21 bits per heavy atom. The van der Waals surface area contributed by atoms with Crippen molar-refractivity contribution in [2.45, 2.75) is 24.1 Å². The number of nitrogen functional groups attached to an aromatic ring is 1. The highest BCUT2D eigenvalue weighted by molar-refractivity contribution is 5.41. The molecular weight excluding hydrogens is 254 g/mol. The standard InChI is InChI=1S/C12H17NO6/c13-7-1-3-8(4-2-7)18-12(6-15)11(17)10(16)9(5-14)19-12/h1-4,9-11,14-17H,5-6,13H2/t9-,10-,11+,12?/m1/s1. The topological polar surface area (TPSA) is 125 Å². The zero-order valence-corrected chi connectivity index (χ0v) is 10.1. The Kier molecular flexibility index (Phi) is 3.93. The van der Waals surface area contributed by atoms with Crippen molar-refractivity contribution < 1.29 is 29.9 Å². The van der Waals surface area contributed by atoms with Crippen LogP contribution in [0.15, 0.2) is 24.3 Å². The lowest BCUT2D eigenvalue weighted by Gasteiger charge is -2.30. The van der Waals surface area contributed by atoms with E-state index in [-0.39, 0.29) is 0 Å². The maximum atomic E-state index is 9.93. The van der Waals surface area contributed by atoms with Crippen molar-refractivity contribution in [2.75, 3.05) is 18.9 Å². The number of rotatable bonds is 4. The smallest absolute Gasteiger partial charge is 0.263 e. The van der Waals surface area contributed by atoms with Gasteiger partial charge in [0.05, 0.1) is 6.61 Å². The Hall–Kier alpha value is -1.38. The summed E-state index contributed by atoms with van der Waals surface area (Å²) < 4.78 is 10.7. The Morgan fingerprint density at radius 3 is 2.32 bits per heavy atom. The van der Waals surface area contributed by atoms with Crippen LogP contribution in [0, 0.1) is 0 Å². The minimum absolute atomic E-state index is 0.313. The predicted molar refractivity (Wildman–Crippen MR) is 65.3 cm³/mol. The van der Waals surface area contributed by atoms with Gasteiger partial charge in [-0.1, -0.05) is 0 Å². The molecule has 106 valence electrons. The first kappa shape index (κ1) is 14.0. The average molecular weight is 271 g/mol. The van der Waals surface area contributed by atoms with Gasteiger partial charge >= 0.3 is 0 Å². The van der Waals surface area contributed by atoms with Gasteiger partial charge in [0.2, 0.25) is 0 Å². The number of hydrogen-bond donors (Lipinski definition) is 5. The van der Waals surface area contributed by atoms with E-state index in [0.29, 0.717) is 11.4 Å². The number of hydrogen-bond acceptors (Lipinski definition) is 7. The number of nitrogens with two attached hydrogens (primary N) is 1. The van der Waals surface area contributed by atoms with Gasteiger partial charge in [-0.3, -0.25) is 0 Å². The van der Waals surface area contributed by atoms with Gasteiger partial charge in [0.15, 0.2) is 0 Å². The Bertz CT molecular complexity index is 425. The molecular formula is C12H17NO6. The van der Waals surface area contributed by atoms with Crippen LogP contribution in [0.2, 0.25) is 0 Å². The first-order valence-corrected chi connectivity index (χ1v) is 5.82. The SMILES string of the molecule is Nc1ccc(OC2(CO)O[C@H](CO)[C@@H](O)[C@@H]2O)cc1. The minimum Gasteiger partial charge on any atom is -0.457 e. The monoisotopic (exact) mass is 271 g/mol. The third kappa shape index (κ3) is 2.51. The van der Waals surface area contributed by atoms with Gasteiger partial charge in [-0.05, 0) is 24.3 Å². The van der Waals surface area contributed by atoms with Crippen LogP contribution >= 0.6 is 0 Å². The third-order valence-corrected chi connectivity index (χ3v) is 3.08. The van der Waals surface area contributed by atoms with E-state index < -0.39 is 37.3 Å². The quantitative estimate of drug-likeness (QED) is 0.420. The van der Waals surface area contributed by atoms with E-state index in [4.69, 9.17) is 20.3 Å².